The monoisotopic (exact) mass is 252 g/mol. The van der Waals surface area contributed by atoms with Crippen molar-refractivity contribution in [2.45, 2.75) is 52.5 Å². The zero-order chi connectivity index (χ0) is 12.4. The van der Waals surface area contributed by atoms with Gasteiger partial charge in [-0.2, -0.15) is 0 Å². The summed E-state index contributed by atoms with van der Waals surface area (Å²) in [7, 11) is 2.10. The van der Waals surface area contributed by atoms with Crippen LogP contribution in [-0.4, -0.2) is 18.1 Å². The van der Waals surface area contributed by atoms with Crippen LogP contribution in [0.25, 0.3) is 0 Å². The van der Waals surface area contributed by atoms with Gasteiger partial charge in [-0.25, -0.2) is 4.98 Å². The predicted octanol–water partition coefficient (Wildman–Crippen LogP) is 3.33. The van der Waals surface area contributed by atoms with Gasteiger partial charge in [0.2, 0.25) is 0 Å². The Labute approximate surface area is 109 Å². The van der Waals surface area contributed by atoms with E-state index >= 15 is 0 Å². The van der Waals surface area contributed by atoms with Gasteiger partial charge in [-0.15, -0.1) is 11.3 Å². The molecule has 1 aromatic heterocycles. The Morgan fingerprint density at radius 2 is 2.18 bits per heavy atom. The van der Waals surface area contributed by atoms with Crippen LogP contribution in [0.2, 0.25) is 0 Å². The molecule has 96 valence electrons. The van der Waals surface area contributed by atoms with Gasteiger partial charge in [-0.3, -0.25) is 0 Å². The van der Waals surface area contributed by atoms with Crippen LogP contribution in [-0.2, 0) is 6.42 Å². The molecule has 1 fully saturated rings. The van der Waals surface area contributed by atoms with Crippen LogP contribution in [0, 0.1) is 25.7 Å². The van der Waals surface area contributed by atoms with Crippen LogP contribution < -0.4 is 5.32 Å². The standard InChI is InChI=1S/C14H24N2S/c1-9-5-6-12(7-9)13(15-4)8-14-16-10(2)11(3)17-14/h9,12-13,15H,5-8H2,1-4H3. The van der Waals surface area contributed by atoms with E-state index in [1.165, 1.54) is 34.8 Å². The maximum atomic E-state index is 4.67. The van der Waals surface area contributed by atoms with Crippen molar-refractivity contribution in [2.75, 3.05) is 7.05 Å². The van der Waals surface area contributed by atoms with Crippen LogP contribution in [0.15, 0.2) is 0 Å². The molecule has 2 rings (SSSR count). The Hall–Kier alpha value is -0.410. The lowest BCUT2D eigenvalue weighted by Gasteiger charge is -2.22. The molecule has 3 heteroatoms. The number of aromatic nitrogens is 1. The summed E-state index contributed by atoms with van der Waals surface area (Å²) in [5.74, 6) is 1.76. The molecule has 0 bridgehead atoms. The molecular weight excluding hydrogens is 228 g/mol. The van der Waals surface area contributed by atoms with Gasteiger partial charge < -0.3 is 5.32 Å². The highest BCUT2D eigenvalue weighted by Crippen LogP contribution is 2.34. The highest BCUT2D eigenvalue weighted by atomic mass is 32.1. The fraction of sp³-hybridized carbons (Fsp3) is 0.786. The molecule has 2 nitrogen and oxygen atoms in total. The van der Waals surface area contributed by atoms with E-state index in [1.807, 2.05) is 11.3 Å². The first-order valence-corrected chi connectivity index (χ1v) is 7.52. The minimum Gasteiger partial charge on any atom is -0.316 e. The normalized spacial score (nSPS) is 26.4. The molecule has 3 atom stereocenters. The van der Waals surface area contributed by atoms with E-state index in [0.717, 1.165) is 18.3 Å². The van der Waals surface area contributed by atoms with Crippen molar-refractivity contribution in [1.29, 1.82) is 0 Å². The summed E-state index contributed by atoms with van der Waals surface area (Å²) in [6, 6.07) is 0.616. The molecule has 0 aromatic carbocycles. The maximum Gasteiger partial charge on any atom is 0.0946 e. The van der Waals surface area contributed by atoms with Crippen molar-refractivity contribution in [3.05, 3.63) is 15.6 Å². The summed E-state index contributed by atoms with van der Waals surface area (Å²) < 4.78 is 0. The molecule has 0 amide bonds. The smallest absolute Gasteiger partial charge is 0.0946 e. The third-order valence-electron chi connectivity index (χ3n) is 4.14. The number of aryl methyl sites for hydroxylation is 2. The van der Waals surface area contributed by atoms with Gasteiger partial charge in [-0.1, -0.05) is 13.3 Å². The Kier molecular flexibility index (Phi) is 4.21. The largest absolute Gasteiger partial charge is 0.316 e. The van der Waals surface area contributed by atoms with Gasteiger partial charge >= 0.3 is 0 Å². The van der Waals surface area contributed by atoms with E-state index in [-0.39, 0.29) is 0 Å². The second-order valence-corrected chi connectivity index (χ2v) is 6.81. The molecule has 0 spiro atoms. The van der Waals surface area contributed by atoms with E-state index in [0.29, 0.717) is 6.04 Å². The number of hydrogen-bond acceptors (Lipinski definition) is 3. The van der Waals surface area contributed by atoms with Gasteiger partial charge in [0, 0.05) is 17.3 Å². The average molecular weight is 252 g/mol. The molecule has 1 saturated carbocycles. The van der Waals surface area contributed by atoms with E-state index in [1.54, 1.807) is 0 Å². The summed E-state index contributed by atoms with van der Waals surface area (Å²) >= 11 is 1.87. The van der Waals surface area contributed by atoms with Gasteiger partial charge in [0.05, 0.1) is 10.7 Å². The van der Waals surface area contributed by atoms with Crippen molar-refractivity contribution < 1.29 is 0 Å². The van der Waals surface area contributed by atoms with E-state index < -0.39 is 0 Å². The van der Waals surface area contributed by atoms with E-state index in [2.05, 4.69) is 38.1 Å². The molecule has 17 heavy (non-hydrogen) atoms. The number of thiazole rings is 1. The Morgan fingerprint density at radius 1 is 1.41 bits per heavy atom. The van der Waals surface area contributed by atoms with Crippen LogP contribution in [0.1, 0.15) is 41.8 Å². The predicted molar refractivity (Wildman–Crippen MR) is 74.6 cm³/mol. The van der Waals surface area contributed by atoms with Crippen LogP contribution >= 0.6 is 11.3 Å². The van der Waals surface area contributed by atoms with Crippen molar-refractivity contribution in [2.24, 2.45) is 11.8 Å². The summed E-state index contributed by atoms with van der Waals surface area (Å²) in [4.78, 5) is 6.04. The highest BCUT2D eigenvalue weighted by molar-refractivity contribution is 7.11. The van der Waals surface area contributed by atoms with Crippen molar-refractivity contribution in [3.63, 3.8) is 0 Å². The number of nitrogens with zero attached hydrogens (tertiary/aromatic N) is 1. The fourth-order valence-electron chi connectivity index (χ4n) is 2.94. The molecule has 0 radical (unpaired) electrons. The van der Waals surface area contributed by atoms with E-state index in [4.69, 9.17) is 0 Å². The lowest BCUT2D eigenvalue weighted by molar-refractivity contribution is 0.367. The highest BCUT2D eigenvalue weighted by Gasteiger charge is 2.28. The third kappa shape index (κ3) is 3.08. The van der Waals surface area contributed by atoms with Gasteiger partial charge in [0.15, 0.2) is 0 Å². The van der Waals surface area contributed by atoms with Crippen LogP contribution in [0.4, 0.5) is 0 Å². The lowest BCUT2D eigenvalue weighted by atomic mass is 9.95. The fourth-order valence-corrected chi connectivity index (χ4v) is 3.93. The minimum atomic E-state index is 0.616. The first kappa shape index (κ1) is 13.0. The molecule has 1 aromatic rings. The molecule has 1 N–H and O–H groups in total. The molecule has 0 saturated heterocycles. The molecule has 1 heterocycles. The van der Waals surface area contributed by atoms with Crippen molar-refractivity contribution in [3.8, 4) is 0 Å². The summed E-state index contributed by atoms with van der Waals surface area (Å²) in [6.07, 6.45) is 5.27. The molecule has 1 aliphatic rings. The number of nitrogens with one attached hydrogen (secondary N) is 1. The zero-order valence-corrected chi connectivity index (χ0v) is 12.2. The number of hydrogen-bond donors (Lipinski definition) is 1. The second kappa shape index (κ2) is 5.49. The average Bonchev–Trinajstić information content (AvgIpc) is 2.83. The minimum absolute atomic E-state index is 0.616. The van der Waals surface area contributed by atoms with Crippen LogP contribution in [0.3, 0.4) is 0 Å². The quantitative estimate of drug-likeness (QED) is 0.889. The Bertz CT molecular complexity index is 353. The van der Waals surface area contributed by atoms with Gasteiger partial charge in [0.25, 0.3) is 0 Å². The molecular formula is C14H24N2S. The SMILES string of the molecule is CNC(Cc1nc(C)c(C)s1)C1CCC(C)C1. The summed E-state index contributed by atoms with van der Waals surface area (Å²) in [5.41, 5.74) is 1.21. The van der Waals surface area contributed by atoms with Gasteiger partial charge in [-0.05, 0) is 45.6 Å². The summed E-state index contributed by atoms with van der Waals surface area (Å²) in [5, 5.41) is 4.81. The Morgan fingerprint density at radius 3 is 2.65 bits per heavy atom. The first-order chi connectivity index (χ1) is 8.10. The third-order valence-corrected chi connectivity index (χ3v) is 5.24. The summed E-state index contributed by atoms with van der Waals surface area (Å²) in [6.45, 7) is 6.66. The molecule has 0 aliphatic heterocycles. The zero-order valence-electron chi connectivity index (χ0n) is 11.4. The first-order valence-electron chi connectivity index (χ1n) is 6.70. The second-order valence-electron chi connectivity index (χ2n) is 5.53. The van der Waals surface area contributed by atoms with Crippen molar-refractivity contribution >= 4 is 11.3 Å². The topological polar surface area (TPSA) is 24.9 Å². The van der Waals surface area contributed by atoms with Gasteiger partial charge in [0.1, 0.15) is 0 Å². The number of rotatable bonds is 4. The molecule has 3 unspecified atom stereocenters. The van der Waals surface area contributed by atoms with Crippen molar-refractivity contribution in [1.82, 2.24) is 10.3 Å². The maximum absolute atomic E-state index is 4.67. The number of likely N-dealkylation sites (N-methyl/N-ethyl adjacent to an activating group) is 1. The molecule has 1 aliphatic carbocycles. The Balaban J connectivity index is 1.99. The van der Waals surface area contributed by atoms with E-state index in [9.17, 15) is 0 Å². The lowest BCUT2D eigenvalue weighted by Crippen LogP contribution is -2.34. The van der Waals surface area contributed by atoms with Crippen LogP contribution in [0.5, 0.6) is 0 Å².